The second kappa shape index (κ2) is 16.2. The Kier molecular flexibility index (Phi) is 11.6. The van der Waals surface area contributed by atoms with Crippen LogP contribution < -0.4 is 25.4 Å². The van der Waals surface area contributed by atoms with E-state index in [0.717, 1.165) is 12.8 Å². The molecular weight excluding hydrogens is 788 g/mol. The van der Waals surface area contributed by atoms with Crippen LogP contribution in [0.25, 0.3) is 22.3 Å². The van der Waals surface area contributed by atoms with Gasteiger partial charge in [0.1, 0.15) is 52.0 Å². The minimum Gasteiger partial charge on any atom is -0.495 e. The van der Waals surface area contributed by atoms with Crippen molar-refractivity contribution in [1.29, 1.82) is 0 Å². The summed E-state index contributed by atoms with van der Waals surface area (Å²) in [4.78, 5) is 65.8. The summed E-state index contributed by atoms with van der Waals surface area (Å²) in [6, 6.07) is 3.12. The molecule has 0 radical (unpaired) electrons. The predicted octanol–water partition coefficient (Wildman–Crippen LogP) is 6.19. The highest BCUT2D eigenvalue weighted by atomic mass is 35.5. The smallest absolute Gasteiger partial charge is 0.408 e. The van der Waals surface area contributed by atoms with Crippen LogP contribution in [0.15, 0.2) is 36.2 Å². The highest BCUT2D eigenvalue weighted by molar-refractivity contribution is 7.14. The van der Waals surface area contributed by atoms with E-state index in [4.69, 9.17) is 40.5 Å². The zero-order chi connectivity index (χ0) is 41.7. The SMILES string of the molecule is C=CC1C[C@]1(NC(=O)[C@@H]1C[C@@H](Oc2cc(-c3csc(NC(C)C)n3)nc3c(Cl)c(OC)ccc23)CN1C(=O)[C@@H](NC(=O)O[C@H]1C[C@H]2CC[C@@H](C1)O2)C(C)(C)C)C(=O)O. The molecule has 3 aliphatic heterocycles. The van der Waals surface area contributed by atoms with Crippen LogP contribution in [0.2, 0.25) is 5.02 Å². The van der Waals surface area contributed by atoms with Crippen LogP contribution in [0, 0.1) is 11.3 Å². The van der Waals surface area contributed by atoms with E-state index < -0.39 is 58.9 Å². The van der Waals surface area contributed by atoms with Gasteiger partial charge in [0.25, 0.3) is 0 Å². The number of likely N-dealkylation sites (tertiary alicyclic amines) is 1. The van der Waals surface area contributed by atoms with Gasteiger partial charge >= 0.3 is 12.1 Å². The largest absolute Gasteiger partial charge is 0.495 e. The van der Waals surface area contributed by atoms with E-state index in [-0.39, 0.29) is 48.8 Å². The maximum Gasteiger partial charge on any atom is 0.408 e. The number of hydrogen-bond donors (Lipinski definition) is 4. The maximum atomic E-state index is 14.7. The Morgan fingerprint density at radius 1 is 1.09 bits per heavy atom. The van der Waals surface area contributed by atoms with Crippen molar-refractivity contribution in [3.63, 3.8) is 0 Å². The number of carbonyl (C=O) groups is 4. The molecule has 2 aromatic heterocycles. The normalized spacial score (nSPS) is 26.9. The van der Waals surface area contributed by atoms with Crippen molar-refractivity contribution in [3.8, 4) is 22.9 Å². The molecule has 1 aromatic carbocycles. The Bertz CT molecular complexity index is 2090. The van der Waals surface area contributed by atoms with Crippen molar-refractivity contribution >= 4 is 62.8 Å². The van der Waals surface area contributed by atoms with Crippen molar-refractivity contribution in [2.45, 2.75) is 121 Å². The number of ether oxygens (including phenoxy) is 4. The Labute approximate surface area is 346 Å². The molecule has 3 saturated heterocycles. The van der Waals surface area contributed by atoms with Crippen LogP contribution in [0.5, 0.6) is 11.5 Å². The first kappa shape index (κ1) is 41.5. The first-order valence-corrected chi connectivity index (χ1v) is 20.9. The number of aromatic nitrogens is 2. The van der Waals surface area contributed by atoms with E-state index in [1.165, 1.54) is 29.4 Å². The molecule has 15 nitrogen and oxygen atoms in total. The highest BCUT2D eigenvalue weighted by Gasteiger charge is 2.61. The molecule has 5 heterocycles. The molecule has 58 heavy (non-hydrogen) atoms. The fourth-order valence-electron chi connectivity index (χ4n) is 8.20. The summed E-state index contributed by atoms with van der Waals surface area (Å²) in [5, 5.41) is 22.4. The number of anilines is 1. The van der Waals surface area contributed by atoms with Gasteiger partial charge in [-0.1, -0.05) is 38.4 Å². The van der Waals surface area contributed by atoms with Crippen LogP contribution in [-0.2, 0) is 23.9 Å². The molecule has 4 fully saturated rings. The van der Waals surface area contributed by atoms with Gasteiger partial charge in [-0.3, -0.25) is 9.59 Å². The first-order chi connectivity index (χ1) is 27.5. The standard InChI is InChI=1S/C41H51ClN6O9S/c1-8-21-17-41(21,37(51)52)47-35(49)29-15-25(18-48(29)36(50)34(40(4,5)6)46-39(53)57-24-13-22-9-10-23(14-24)55-22)56-31-16-27(28-19-58-38(45-28)43-20(2)3)44-33-26(31)11-12-30(54-7)32(33)42/h8,11-12,16,19-25,29,34H,1,9-10,13-15,17-18H2,2-7H3,(H,43,45)(H,46,53)(H,47,49)(H,51,52)/t21?,22-,23+,24+,25-,29+,34-,41-/m1/s1. The lowest BCUT2D eigenvalue weighted by Gasteiger charge is -2.36. The van der Waals surface area contributed by atoms with Crippen molar-refractivity contribution in [2.75, 3.05) is 19.0 Å². The van der Waals surface area contributed by atoms with Gasteiger partial charge in [-0.15, -0.1) is 17.9 Å². The van der Waals surface area contributed by atoms with E-state index >= 15 is 0 Å². The molecule has 0 spiro atoms. The molecule has 3 aromatic rings. The summed E-state index contributed by atoms with van der Waals surface area (Å²) >= 11 is 8.25. The minimum absolute atomic E-state index is 0.0143. The second-order valence-corrected chi connectivity index (χ2v) is 18.3. The molecule has 4 N–H and O–H groups in total. The first-order valence-electron chi connectivity index (χ1n) is 19.7. The zero-order valence-electron chi connectivity index (χ0n) is 33.5. The highest BCUT2D eigenvalue weighted by Crippen LogP contribution is 2.45. The van der Waals surface area contributed by atoms with Crippen molar-refractivity contribution in [1.82, 2.24) is 25.5 Å². The topological polar surface area (TPSA) is 191 Å². The number of carboxylic acid groups (broad SMARTS) is 1. The van der Waals surface area contributed by atoms with Crippen molar-refractivity contribution in [2.24, 2.45) is 11.3 Å². The van der Waals surface area contributed by atoms with E-state index in [1.807, 2.05) is 40.0 Å². The van der Waals surface area contributed by atoms with E-state index in [1.54, 1.807) is 18.2 Å². The number of halogens is 1. The number of pyridine rings is 1. The monoisotopic (exact) mass is 838 g/mol. The van der Waals surface area contributed by atoms with Gasteiger partial charge in [0, 0.05) is 48.1 Å². The lowest BCUT2D eigenvalue weighted by molar-refractivity contribution is -0.146. The Balaban J connectivity index is 1.20. The number of rotatable bonds is 13. The third-order valence-electron chi connectivity index (χ3n) is 11.3. The number of nitrogens with one attached hydrogen (secondary N) is 3. The van der Waals surface area contributed by atoms with Gasteiger partial charge in [0.15, 0.2) is 5.13 Å². The molecule has 7 rings (SSSR count). The molecule has 17 heteroatoms. The van der Waals surface area contributed by atoms with Gasteiger partial charge in [0.05, 0.1) is 37.1 Å². The summed E-state index contributed by atoms with van der Waals surface area (Å²) in [6.07, 6.45) is 2.97. The quantitative estimate of drug-likeness (QED) is 0.143. The van der Waals surface area contributed by atoms with Crippen molar-refractivity contribution < 1.29 is 43.2 Å². The third-order valence-corrected chi connectivity index (χ3v) is 12.4. The van der Waals surface area contributed by atoms with Crippen LogP contribution in [-0.4, -0.2) is 106 Å². The Morgan fingerprint density at radius 3 is 2.43 bits per heavy atom. The number of hydrogen-bond acceptors (Lipinski definition) is 12. The van der Waals surface area contributed by atoms with Crippen LogP contribution >= 0.6 is 22.9 Å². The summed E-state index contributed by atoms with van der Waals surface area (Å²) in [5.41, 5.74) is -0.893. The summed E-state index contributed by atoms with van der Waals surface area (Å²) < 4.78 is 23.9. The average molecular weight is 839 g/mol. The number of carbonyl (C=O) groups excluding carboxylic acids is 3. The summed E-state index contributed by atoms with van der Waals surface area (Å²) in [6.45, 7) is 13.1. The number of alkyl carbamates (subject to hydrolysis) is 1. The number of aliphatic carboxylic acids is 1. The molecular formula is C41H51ClN6O9S. The van der Waals surface area contributed by atoms with E-state index in [2.05, 4.69) is 22.5 Å². The van der Waals surface area contributed by atoms with Gasteiger partial charge in [-0.25, -0.2) is 19.6 Å². The maximum absolute atomic E-state index is 14.7. The fourth-order valence-corrected chi connectivity index (χ4v) is 9.33. The lowest BCUT2D eigenvalue weighted by atomic mass is 9.85. The van der Waals surface area contributed by atoms with Gasteiger partial charge in [0.2, 0.25) is 11.8 Å². The number of amides is 3. The molecule has 3 amide bonds. The zero-order valence-corrected chi connectivity index (χ0v) is 35.1. The predicted molar refractivity (Wildman–Crippen MR) is 218 cm³/mol. The Morgan fingerprint density at radius 2 is 1.81 bits per heavy atom. The Hall–Kier alpha value is -4.67. The molecule has 8 atom stereocenters. The van der Waals surface area contributed by atoms with Gasteiger partial charge in [-0.2, -0.15) is 0 Å². The number of fused-ring (bicyclic) bond motifs is 3. The summed E-state index contributed by atoms with van der Waals surface area (Å²) in [5.74, 6) is -2.07. The third kappa shape index (κ3) is 8.41. The van der Waals surface area contributed by atoms with E-state index in [0.29, 0.717) is 51.8 Å². The molecule has 4 aliphatic rings. The minimum atomic E-state index is -1.54. The van der Waals surface area contributed by atoms with Crippen LogP contribution in [0.1, 0.15) is 73.1 Å². The molecule has 1 aliphatic carbocycles. The number of nitrogens with zero attached hydrogens (tertiary/aromatic N) is 3. The van der Waals surface area contributed by atoms with Crippen LogP contribution in [0.4, 0.5) is 9.93 Å². The summed E-state index contributed by atoms with van der Waals surface area (Å²) in [7, 11) is 1.51. The molecule has 2 bridgehead atoms. The fraction of sp³-hybridized carbons (Fsp3) is 0.561. The molecule has 1 saturated carbocycles. The molecule has 312 valence electrons. The van der Waals surface area contributed by atoms with E-state index in [9.17, 15) is 24.3 Å². The number of methoxy groups -OCH3 is 1. The van der Waals surface area contributed by atoms with Gasteiger partial charge < -0.3 is 44.9 Å². The van der Waals surface area contributed by atoms with Crippen LogP contribution in [0.3, 0.4) is 0 Å². The number of carboxylic acids is 1. The van der Waals surface area contributed by atoms with Crippen molar-refractivity contribution in [3.05, 3.63) is 41.3 Å². The molecule has 1 unspecified atom stereocenters. The van der Waals surface area contributed by atoms with Gasteiger partial charge in [-0.05, 0) is 50.7 Å². The lowest BCUT2D eigenvalue weighted by Crippen LogP contribution is -2.59. The second-order valence-electron chi connectivity index (χ2n) is 17.0. The number of benzene rings is 1. The average Bonchev–Trinajstić information content (AvgIpc) is 3.42. The number of thiazole rings is 1.